The summed E-state index contributed by atoms with van der Waals surface area (Å²) in [7, 11) is 1.82. The third kappa shape index (κ3) is 5.68. The van der Waals surface area contributed by atoms with Crippen molar-refractivity contribution in [1.82, 2.24) is 10.2 Å². The molecule has 0 aromatic heterocycles. The van der Waals surface area contributed by atoms with E-state index in [1.807, 2.05) is 61.6 Å². The van der Waals surface area contributed by atoms with Crippen molar-refractivity contribution in [3.8, 4) is 17.2 Å². The number of piperidine rings is 1. The van der Waals surface area contributed by atoms with E-state index in [9.17, 15) is 0 Å². The molecule has 1 N–H and O–H groups in total. The van der Waals surface area contributed by atoms with Crippen LogP contribution in [0.25, 0.3) is 0 Å². The van der Waals surface area contributed by atoms with Gasteiger partial charge in [0, 0.05) is 33.0 Å². The summed E-state index contributed by atoms with van der Waals surface area (Å²) in [5, 5.41) is 3.43. The van der Waals surface area contributed by atoms with Gasteiger partial charge in [0.25, 0.3) is 0 Å². The zero-order valence-corrected chi connectivity index (χ0v) is 19.0. The van der Waals surface area contributed by atoms with Crippen molar-refractivity contribution in [2.75, 3.05) is 33.3 Å². The molecule has 2 heterocycles. The molecule has 29 heavy (non-hydrogen) atoms. The minimum Gasteiger partial charge on any atom is -0.490 e. The molecule has 6 nitrogen and oxygen atoms in total. The van der Waals surface area contributed by atoms with Crippen LogP contribution in [0.1, 0.15) is 12.8 Å². The van der Waals surface area contributed by atoms with Gasteiger partial charge in [-0.1, -0.05) is 30.3 Å². The average molecular weight is 509 g/mol. The zero-order chi connectivity index (χ0) is 19.2. The number of para-hydroxylation sites is 3. The number of benzene rings is 2. The van der Waals surface area contributed by atoms with Crippen LogP contribution in [0.3, 0.4) is 0 Å². The lowest BCUT2D eigenvalue weighted by molar-refractivity contribution is 0.0920. The lowest BCUT2D eigenvalue weighted by Gasteiger charge is -2.35. The fourth-order valence-electron chi connectivity index (χ4n) is 3.58. The second-order valence-corrected chi connectivity index (χ2v) is 7.04. The van der Waals surface area contributed by atoms with E-state index in [-0.39, 0.29) is 36.2 Å². The van der Waals surface area contributed by atoms with E-state index in [4.69, 9.17) is 14.2 Å². The van der Waals surface area contributed by atoms with Crippen LogP contribution in [-0.2, 0) is 0 Å². The lowest BCUT2D eigenvalue weighted by atomic mass is 10.1. The van der Waals surface area contributed by atoms with Crippen LogP contribution < -0.4 is 19.5 Å². The van der Waals surface area contributed by atoms with Gasteiger partial charge in [-0.2, -0.15) is 0 Å². The van der Waals surface area contributed by atoms with Crippen molar-refractivity contribution in [3.05, 3.63) is 54.6 Å². The first-order valence-corrected chi connectivity index (χ1v) is 9.87. The Bertz CT molecular complexity index is 795. The van der Waals surface area contributed by atoms with Gasteiger partial charge >= 0.3 is 0 Å². The largest absolute Gasteiger partial charge is 0.490 e. The first kappa shape index (κ1) is 21.5. The van der Waals surface area contributed by atoms with Crippen molar-refractivity contribution in [2.24, 2.45) is 4.99 Å². The molecule has 2 aliphatic rings. The van der Waals surface area contributed by atoms with Crippen molar-refractivity contribution >= 4 is 29.9 Å². The Morgan fingerprint density at radius 3 is 2.48 bits per heavy atom. The van der Waals surface area contributed by atoms with Crippen molar-refractivity contribution in [3.63, 3.8) is 0 Å². The third-order valence-electron chi connectivity index (χ3n) is 5.05. The number of hydrogen-bond donors (Lipinski definition) is 1. The smallest absolute Gasteiger partial charge is 0.193 e. The Balaban J connectivity index is 0.00000240. The highest BCUT2D eigenvalue weighted by Crippen LogP contribution is 2.30. The van der Waals surface area contributed by atoms with Crippen molar-refractivity contribution < 1.29 is 14.2 Å². The van der Waals surface area contributed by atoms with Gasteiger partial charge < -0.3 is 24.4 Å². The topological polar surface area (TPSA) is 55.3 Å². The number of guanidine groups is 1. The Kier molecular flexibility index (Phi) is 7.85. The highest BCUT2D eigenvalue weighted by atomic mass is 127. The van der Waals surface area contributed by atoms with Crippen molar-refractivity contribution in [2.45, 2.75) is 25.0 Å². The number of likely N-dealkylation sites (tertiary alicyclic amines) is 1. The number of halogens is 1. The monoisotopic (exact) mass is 509 g/mol. The quantitative estimate of drug-likeness (QED) is 0.388. The van der Waals surface area contributed by atoms with Gasteiger partial charge in [-0.25, -0.2) is 0 Å². The summed E-state index contributed by atoms with van der Waals surface area (Å²) in [6.45, 7) is 3.03. The molecule has 7 heteroatoms. The maximum Gasteiger partial charge on any atom is 0.193 e. The van der Waals surface area contributed by atoms with Crippen LogP contribution in [-0.4, -0.2) is 56.4 Å². The normalized spacial score (nSPS) is 19.3. The van der Waals surface area contributed by atoms with Gasteiger partial charge in [-0.15, -0.1) is 24.0 Å². The number of nitrogens with one attached hydrogen (secondary N) is 1. The Labute approximate surface area is 189 Å². The van der Waals surface area contributed by atoms with Gasteiger partial charge in [-0.05, 0) is 24.3 Å². The fourth-order valence-corrected chi connectivity index (χ4v) is 3.58. The van der Waals surface area contributed by atoms with E-state index in [2.05, 4.69) is 15.2 Å². The molecule has 0 spiro atoms. The summed E-state index contributed by atoms with van der Waals surface area (Å²) in [6, 6.07) is 17.8. The van der Waals surface area contributed by atoms with Gasteiger partial charge in [0.15, 0.2) is 17.5 Å². The molecule has 2 aliphatic heterocycles. The number of ether oxygens (including phenoxy) is 3. The Hall–Kier alpha value is -2.16. The molecular weight excluding hydrogens is 481 g/mol. The SMILES string of the molecule is CN=C(NCC1COc2ccccc2O1)N1CCC(Oc2ccccc2)CC1.I. The Morgan fingerprint density at radius 2 is 1.76 bits per heavy atom. The van der Waals surface area contributed by atoms with E-state index in [0.29, 0.717) is 13.2 Å². The maximum absolute atomic E-state index is 6.08. The summed E-state index contributed by atoms with van der Waals surface area (Å²) < 4.78 is 17.9. The van der Waals surface area contributed by atoms with E-state index in [1.54, 1.807) is 0 Å². The predicted molar refractivity (Wildman–Crippen MR) is 125 cm³/mol. The molecule has 0 bridgehead atoms. The van der Waals surface area contributed by atoms with Gasteiger partial charge in [-0.3, -0.25) is 4.99 Å². The van der Waals surface area contributed by atoms with Crippen LogP contribution in [0, 0.1) is 0 Å². The van der Waals surface area contributed by atoms with E-state index >= 15 is 0 Å². The van der Waals surface area contributed by atoms with Gasteiger partial charge in [0.1, 0.15) is 24.6 Å². The number of rotatable bonds is 4. The molecule has 1 atom stereocenters. The van der Waals surface area contributed by atoms with Crippen LogP contribution >= 0.6 is 24.0 Å². The third-order valence-corrected chi connectivity index (χ3v) is 5.05. The highest BCUT2D eigenvalue weighted by Gasteiger charge is 2.25. The fraction of sp³-hybridized carbons (Fsp3) is 0.409. The molecule has 2 aromatic rings. The minimum atomic E-state index is -0.0365. The summed E-state index contributed by atoms with van der Waals surface area (Å²) in [5.41, 5.74) is 0. The van der Waals surface area contributed by atoms with Crippen LogP contribution in [0.2, 0.25) is 0 Å². The van der Waals surface area contributed by atoms with E-state index < -0.39 is 0 Å². The minimum absolute atomic E-state index is 0. The number of fused-ring (bicyclic) bond motifs is 1. The standard InChI is InChI=1S/C22H27N3O3.HI/c1-23-22(24-15-19-16-26-20-9-5-6-10-21(20)28-19)25-13-11-18(12-14-25)27-17-7-3-2-4-8-17;/h2-10,18-19H,11-16H2,1H3,(H,23,24);1H. The predicted octanol–water partition coefficient (Wildman–Crippen LogP) is 3.56. The molecule has 0 radical (unpaired) electrons. The Morgan fingerprint density at radius 1 is 1.07 bits per heavy atom. The van der Waals surface area contributed by atoms with Crippen LogP contribution in [0.5, 0.6) is 17.2 Å². The molecule has 0 aliphatic carbocycles. The molecule has 1 saturated heterocycles. The highest BCUT2D eigenvalue weighted by molar-refractivity contribution is 14.0. The summed E-state index contributed by atoms with van der Waals surface area (Å²) >= 11 is 0. The molecular formula is C22H28IN3O3. The summed E-state index contributed by atoms with van der Waals surface area (Å²) in [5.74, 6) is 3.46. The van der Waals surface area contributed by atoms with Crippen LogP contribution in [0.4, 0.5) is 0 Å². The first-order chi connectivity index (χ1) is 13.8. The number of nitrogens with zero attached hydrogens (tertiary/aromatic N) is 2. The van der Waals surface area contributed by atoms with Crippen molar-refractivity contribution in [1.29, 1.82) is 0 Å². The zero-order valence-electron chi connectivity index (χ0n) is 16.6. The van der Waals surface area contributed by atoms with Gasteiger partial charge in [0.05, 0.1) is 6.54 Å². The molecule has 2 aromatic carbocycles. The molecule has 1 fully saturated rings. The van der Waals surface area contributed by atoms with Gasteiger partial charge in [0.2, 0.25) is 0 Å². The second kappa shape index (κ2) is 10.6. The molecule has 4 rings (SSSR count). The number of aliphatic imine (C=N–C) groups is 1. The molecule has 0 saturated carbocycles. The lowest BCUT2D eigenvalue weighted by Crippen LogP contribution is -2.50. The molecule has 156 valence electrons. The molecule has 1 unspecified atom stereocenters. The van der Waals surface area contributed by atoms with E-state index in [0.717, 1.165) is 49.1 Å². The summed E-state index contributed by atoms with van der Waals surface area (Å²) in [4.78, 5) is 6.72. The number of hydrogen-bond acceptors (Lipinski definition) is 4. The van der Waals surface area contributed by atoms with E-state index in [1.165, 1.54) is 0 Å². The summed E-state index contributed by atoms with van der Waals surface area (Å²) in [6.07, 6.45) is 2.17. The first-order valence-electron chi connectivity index (χ1n) is 9.87. The van der Waals surface area contributed by atoms with Crippen LogP contribution in [0.15, 0.2) is 59.6 Å². The average Bonchev–Trinajstić information content (AvgIpc) is 2.76. The molecule has 0 amide bonds. The second-order valence-electron chi connectivity index (χ2n) is 7.04. The maximum atomic E-state index is 6.08.